The van der Waals surface area contributed by atoms with Gasteiger partial charge in [0.2, 0.25) is 0 Å². The van der Waals surface area contributed by atoms with E-state index in [0.717, 1.165) is 7.11 Å². The molecule has 0 aliphatic rings. The van der Waals surface area contributed by atoms with Gasteiger partial charge in [-0.3, -0.25) is 0 Å². The predicted molar refractivity (Wildman–Crippen MR) is 27.3 cm³/mol. The monoisotopic (exact) mass is 120 g/mol. The third-order valence-corrected chi connectivity index (χ3v) is 0. The molecule has 0 aromatic rings. The van der Waals surface area contributed by atoms with Gasteiger partial charge in [0.1, 0.15) is 0 Å². The van der Waals surface area contributed by atoms with Crippen LogP contribution in [0.25, 0.3) is 0 Å². The molecular weight excluding hydrogens is 112 g/mol. The van der Waals surface area contributed by atoms with E-state index in [1.54, 1.807) is 0 Å². The summed E-state index contributed by atoms with van der Waals surface area (Å²) in [5, 5.41) is 20.9. The van der Waals surface area contributed by atoms with Gasteiger partial charge in [-0.05, 0) is 0 Å². The minimum atomic E-state index is -1.83. The van der Waals surface area contributed by atoms with Gasteiger partial charge >= 0.3 is 29.2 Å². The molecule has 0 unspecified atom stereocenters. The Kier molecular flexibility index (Phi) is 37.5. The highest BCUT2D eigenvalue weighted by molar-refractivity contribution is 5.75. The number of rotatable bonds is 0. The smallest absolute Gasteiger partial charge is 0.450 e. The van der Waals surface area contributed by atoms with Gasteiger partial charge in [-0.1, -0.05) is 0 Å². The Bertz CT molecular complexity index is 32.7. The maximum absolute atomic E-state index is 8.56. The molecule has 0 aliphatic carbocycles. The van der Waals surface area contributed by atoms with Crippen molar-refractivity contribution in [2.45, 2.75) is 0 Å². The molecule has 0 radical (unpaired) electrons. The molecule has 0 heterocycles. The average molecular weight is 120 g/mol. The van der Waals surface area contributed by atoms with E-state index in [0.29, 0.717) is 0 Å². The first-order valence-electron chi connectivity index (χ1n) is 1.10. The molecule has 42 valence electrons. The standard InChI is InChI=1S/CH2O3.CH4O.Mg.2H/c2-1(3)4;1-2;;;/h(H2,2,3,4);2H,1H3;;;. The van der Waals surface area contributed by atoms with E-state index in [9.17, 15) is 0 Å². The van der Waals surface area contributed by atoms with E-state index in [-0.39, 0.29) is 23.1 Å². The number of hydrogen-bond donors (Lipinski definition) is 3. The van der Waals surface area contributed by atoms with Crippen molar-refractivity contribution >= 4 is 29.2 Å². The average Bonchev–Trinajstić information content (AvgIpc) is 1.41. The largest absolute Gasteiger partial charge is 0.503 e. The first kappa shape index (κ1) is 15.8. The highest BCUT2D eigenvalue weighted by atomic mass is 24.3. The summed E-state index contributed by atoms with van der Waals surface area (Å²) in [6.07, 6.45) is -1.83. The fraction of sp³-hybridized carbons (Fsp3) is 0.500. The number of aliphatic hydroxyl groups is 1. The molecule has 0 saturated heterocycles. The maximum atomic E-state index is 8.56. The fourth-order valence-corrected chi connectivity index (χ4v) is 0. The van der Waals surface area contributed by atoms with Crippen LogP contribution in [0.2, 0.25) is 0 Å². The van der Waals surface area contributed by atoms with Crippen LogP contribution in [0.3, 0.4) is 0 Å². The van der Waals surface area contributed by atoms with Crippen molar-refractivity contribution in [2.75, 3.05) is 7.11 Å². The number of aliphatic hydroxyl groups excluding tert-OH is 1. The minimum absolute atomic E-state index is 0. The minimum Gasteiger partial charge on any atom is -0.450 e. The second-order valence-electron chi connectivity index (χ2n) is 0.283. The van der Waals surface area contributed by atoms with Crippen LogP contribution in [-0.2, 0) is 0 Å². The Morgan fingerprint density at radius 3 is 1.29 bits per heavy atom. The molecule has 0 spiro atoms. The van der Waals surface area contributed by atoms with Gasteiger partial charge in [-0.15, -0.1) is 0 Å². The second-order valence-corrected chi connectivity index (χ2v) is 0.283. The van der Waals surface area contributed by atoms with Gasteiger partial charge in [0.25, 0.3) is 0 Å². The van der Waals surface area contributed by atoms with Crippen LogP contribution >= 0.6 is 0 Å². The molecule has 4 nitrogen and oxygen atoms in total. The van der Waals surface area contributed by atoms with E-state index in [1.165, 1.54) is 0 Å². The second kappa shape index (κ2) is 16.7. The molecule has 0 aromatic carbocycles. The number of carbonyl (C=O) groups is 1. The Morgan fingerprint density at radius 2 is 1.29 bits per heavy atom. The van der Waals surface area contributed by atoms with Crippen molar-refractivity contribution in [1.29, 1.82) is 0 Å². The van der Waals surface area contributed by atoms with Gasteiger partial charge in [0, 0.05) is 7.11 Å². The van der Waals surface area contributed by atoms with Crippen LogP contribution in [0.1, 0.15) is 0 Å². The van der Waals surface area contributed by atoms with Crippen LogP contribution in [0.15, 0.2) is 0 Å². The topological polar surface area (TPSA) is 77.8 Å². The van der Waals surface area contributed by atoms with Crippen molar-refractivity contribution in [1.82, 2.24) is 0 Å². The van der Waals surface area contributed by atoms with Crippen molar-refractivity contribution < 1.29 is 20.1 Å². The summed E-state index contributed by atoms with van der Waals surface area (Å²) < 4.78 is 0. The summed E-state index contributed by atoms with van der Waals surface area (Å²) in [6.45, 7) is 0. The normalized spacial score (nSPS) is 4.29. The Hall–Kier alpha value is -0.00377. The van der Waals surface area contributed by atoms with Crippen LogP contribution < -0.4 is 0 Å². The summed E-state index contributed by atoms with van der Waals surface area (Å²) in [6, 6.07) is 0. The summed E-state index contributed by atoms with van der Waals surface area (Å²) >= 11 is 0. The van der Waals surface area contributed by atoms with Crippen molar-refractivity contribution in [3.63, 3.8) is 0 Å². The molecule has 0 atom stereocenters. The first-order chi connectivity index (χ1) is 2.73. The van der Waals surface area contributed by atoms with Crippen molar-refractivity contribution in [2.24, 2.45) is 0 Å². The molecular formula is C2H8MgO4. The lowest BCUT2D eigenvalue weighted by Crippen LogP contribution is -1.81. The molecule has 7 heavy (non-hydrogen) atoms. The van der Waals surface area contributed by atoms with Crippen LogP contribution in [0.5, 0.6) is 0 Å². The highest BCUT2D eigenvalue weighted by Crippen LogP contribution is 1.42. The molecule has 3 N–H and O–H groups in total. The van der Waals surface area contributed by atoms with E-state index in [1.807, 2.05) is 0 Å². The summed E-state index contributed by atoms with van der Waals surface area (Å²) in [5.74, 6) is 0. The molecule has 0 aliphatic heterocycles. The summed E-state index contributed by atoms with van der Waals surface area (Å²) in [5.41, 5.74) is 0. The third kappa shape index (κ3) is 6750000. The van der Waals surface area contributed by atoms with Crippen molar-refractivity contribution in [3.05, 3.63) is 0 Å². The zero-order chi connectivity index (χ0) is 5.58. The van der Waals surface area contributed by atoms with Crippen molar-refractivity contribution in [3.8, 4) is 0 Å². The van der Waals surface area contributed by atoms with E-state index < -0.39 is 6.16 Å². The van der Waals surface area contributed by atoms with E-state index >= 15 is 0 Å². The molecule has 0 rings (SSSR count). The highest BCUT2D eigenvalue weighted by Gasteiger charge is 1.70. The van der Waals surface area contributed by atoms with Gasteiger partial charge in [-0.25, -0.2) is 4.79 Å². The van der Waals surface area contributed by atoms with Gasteiger partial charge in [0.05, 0.1) is 0 Å². The maximum Gasteiger partial charge on any atom is 0.503 e. The number of hydrogen-bond acceptors (Lipinski definition) is 2. The quantitative estimate of drug-likeness (QED) is 0.355. The summed E-state index contributed by atoms with van der Waals surface area (Å²) in [7, 11) is 1.00. The Labute approximate surface area is 56.9 Å². The molecule has 0 saturated carbocycles. The molecule has 0 fully saturated rings. The van der Waals surface area contributed by atoms with E-state index in [2.05, 4.69) is 0 Å². The predicted octanol–water partition coefficient (Wildman–Crippen LogP) is -1.09. The third-order valence-electron chi connectivity index (χ3n) is 0. The van der Waals surface area contributed by atoms with Crippen LogP contribution in [0, 0.1) is 0 Å². The lowest BCUT2D eigenvalue weighted by atomic mass is 11.5. The zero-order valence-electron chi connectivity index (χ0n) is 3.25. The van der Waals surface area contributed by atoms with Gasteiger partial charge < -0.3 is 15.3 Å². The first-order valence-corrected chi connectivity index (χ1v) is 1.10. The lowest BCUT2D eigenvalue weighted by molar-refractivity contribution is 0.137. The molecule has 0 amide bonds. The zero-order valence-corrected chi connectivity index (χ0v) is 3.25. The van der Waals surface area contributed by atoms with Gasteiger partial charge in [0.15, 0.2) is 0 Å². The fourth-order valence-electron chi connectivity index (χ4n) is 0. The van der Waals surface area contributed by atoms with Gasteiger partial charge in [-0.2, -0.15) is 0 Å². The Balaban J connectivity index is -0.0000000480. The molecule has 0 bridgehead atoms. The lowest BCUT2D eigenvalue weighted by Gasteiger charge is -1.60. The summed E-state index contributed by atoms with van der Waals surface area (Å²) in [4.78, 5) is 8.56. The van der Waals surface area contributed by atoms with Crippen LogP contribution in [0.4, 0.5) is 4.79 Å². The van der Waals surface area contributed by atoms with Crippen LogP contribution in [-0.4, -0.2) is 51.6 Å². The van der Waals surface area contributed by atoms with E-state index in [4.69, 9.17) is 20.1 Å². The Morgan fingerprint density at radius 1 is 1.29 bits per heavy atom. The SMILES string of the molecule is CO.O=C(O)O.[MgH2]. The molecule has 5 heteroatoms. The molecule has 0 aromatic heterocycles. The number of carboxylic acid groups (broad SMARTS) is 2.